The van der Waals surface area contributed by atoms with E-state index in [2.05, 4.69) is 27.8 Å². The van der Waals surface area contributed by atoms with Crippen LogP contribution in [0.3, 0.4) is 0 Å². The molecule has 0 saturated heterocycles. The summed E-state index contributed by atoms with van der Waals surface area (Å²) in [5.41, 5.74) is 3.03. The molecular formula is C21H33N3O4. The minimum Gasteiger partial charge on any atom is -0.444 e. The Morgan fingerprint density at radius 2 is 1.25 bits per heavy atom. The Labute approximate surface area is 167 Å². The molecular weight excluding hydrogens is 358 g/mol. The normalized spacial score (nSPS) is 11.5. The largest absolute Gasteiger partial charge is 0.444 e. The predicted molar refractivity (Wildman–Crippen MR) is 111 cm³/mol. The van der Waals surface area contributed by atoms with Crippen LogP contribution in [0.4, 0.5) is 9.59 Å². The van der Waals surface area contributed by atoms with E-state index in [4.69, 9.17) is 9.47 Å². The molecule has 7 heteroatoms. The fourth-order valence-electron chi connectivity index (χ4n) is 2.53. The van der Waals surface area contributed by atoms with E-state index in [-0.39, 0.29) is 5.96 Å². The molecule has 1 rings (SSSR count). The number of hydrogen-bond donors (Lipinski definition) is 2. The summed E-state index contributed by atoms with van der Waals surface area (Å²) in [6, 6.07) is 4.14. The lowest BCUT2D eigenvalue weighted by atomic mass is 10.00. The van der Waals surface area contributed by atoms with Gasteiger partial charge in [-0.1, -0.05) is 17.7 Å². The smallest absolute Gasteiger partial charge is 0.414 e. The summed E-state index contributed by atoms with van der Waals surface area (Å²) in [6.45, 7) is 16.9. The number of ether oxygens (including phenoxy) is 2. The molecule has 28 heavy (non-hydrogen) atoms. The summed E-state index contributed by atoms with van der Waals surface area (Å²) in [7, 11) is 0. The van der Waals surface area contributed by atoms with Crippen molar-refractivity contribution in [2.75, 3.05) is 0 Å². The molecule has 0 aliphatic rings. The van der Waals surface area contributed by atoms with E-state index in [1.54, 1.807) is 41.5 Å². The fourth-order valence-corrected chi connectivity index (χ4v) is 2.53. The summed E-state index contributed by atoms with van der Waals surface area (Å²) in [5, 5.41) is 4.98. The summed E-state index contributed by atoms with van der Waals surface area (Å²) < 4.78 is 10.5. The number of nitrogens with zero attached hydrogens (tertiary/aromatic N) is 1. The number of aryl methyl sites for hydroxylation is 3. The summed E-state index contributed by atoms with van der Waals surface area (Å²) in [6.07, 6.45) is -1.42. The van der Waals surface area contributed by atoms with Crippen molar-refractivity contribution in [3.63, 3.8) is 0 Å². The first-order chi connectivity index (χ1) is 12.7. The van der Waals surface area contributed by atoms with Gasteiger partial charge in [0.2, 0.25) is 5.96 Å². The van der Waals surface area contributed by atoms with Crippen molar-refractivity contribution < 1.29 is 19.1 Å². The van der Waals surface area contributed by atoms with Crippen LogP contribution < -0.4 is 10.6 Å². The molecule has 0 spiro atoms. The van der Waals surface area contributed by atoms with Crippen LogP contribution in [0, 0.1) is 20.8 Å². The van der Waals surface area contributed by atoms with E-state index in [0.717, 1.165) is 16.7 Å². The van der Waals surface area contributed by atoms with Gasteiger partial charge in [0, 0.05) is 0 Å². The van der Waals surface area contributed by atoms with Crippen molar-refractivity contribution in [3.8, 4) is 0 Å². The maximum Gasteiger partial charge on any atom is 0.414 e. The van der Waals surface area contributed by atoms with E-state index < -0.39 is 23.4 Å². The lowest BCUT2D eigenvalue weighted by molar-refractivity contribution is 0.0545. The second-order valence-corrected chi connectivity index (χ2v) is 8.80. The molecule has 0 fully saturated rings. The first-order valence-electron chi connectivity index (χ1n) is 9.27. The van der Waals surface area contributed by atoms with Crippen molar-refractivity contribution >= 4 is 18.1 Å². The molecule has 0 aliphatic heterocycles. The van der Waals surface area contributed by atoms with Crippen molar-refractivity contribution in [2.45, 2.75) is 80.1 Å². The van der Waals surface area contributed by atoms with Gasteiger partial charge >= 0.3 is 12.2 Å². The van der Waals surface area contributed by atoms with E-state index in [1.165, 1.54) is 5.56 Å². The van der Waals surface area contributed by atoms with Crippen LogP contribution in [-0.4, -0.2) is 29.3 Å². The zero-order chi connectivity index (χ0) is 21.7. The number of carbonyl (C=O) groups is 2. The van der Waals surface area contributed by atoms with Gasteiger partial charge in [-0.15, -0.1) is 0 Å². The number of carbonyl (C=O) groups excluding carboxylic acids is 2. The number of alkyl carbamates (subject to hydrolysis) is 2. The van der Waals surface area contributed by atoms with Crippen LogP contribution in [-0.2, 0) is 16.0 Å². The van der Waals surface area contributed by atoms with Gasteiger partial charge in [0.05, 0.1) is 6.54 Å². The van der Waals surface area contributed by atoms with E-state index >= 15 is 0 Å². The molecule has 0 saturated carbocycles. The summed E-state index contributed by atoms with van der Waals surface area (Å²) in [4.78, 5) is 28.6. The monoisotopic (exact) mass is 391 g/mol. The maximum absolute atomic E-state index is 12.1. The molecule has 0 heterocycles. The Balaban J connectivity index is 3.03. The van der Waals surface area contributed by atoms with Crippen LogP contribution in [0.15, 0.2) is 17.1 Å². The van der Waals surface area contributed by atoms with Crippen molar-refractivity contribution in [2.24, 2.45) is 4.99 Å². The zero-order valence-corrected chi connectivity index (χ0v) is 18.4. The Morgan fingerprint density at radius 3 is 1.61 bits per heavy atom. The van der Waals surface area contributed by atoms with E-state index in [0.29, 0.717) is 6.54 Å². The van der Waals surface area contributed by atoms with Crippen LogP contribution in [0.2, 0.25) is 0 Å². The van der Waals surface area contributed by atoms with E-state index in [9.17, 15) is 9.59 Å². The molecule has 0 radical (unpaired) electrons. The lowest BCUT2D eigenvalue weighted by Crippen LogP contribution is -2.47. The van der Waals surface area contributed by atoms with Gasteiger partial charge in [-0.25, -0.2) is 14.6 Å². The highest BCUT2D eigenvalue weighted by Crippen LogP contribution is 2.17. The molecule has 2 amide bonds. The molecule has 0 bridgehead atoms. The standard InChI is InChI=1S/C21H33N3O4/c1-13-10-14(2)16(15(3)11-13)12-22-17(23-18(25)27-20(4,5)6)24-19(26)28-21(7,8)9/h10-11H,12H2,1-9H3,(H2,22,23,24,25,26). The van der Waals surface area contributed by atoms with Crippen LogP contribution in [0.5, 0.6) is 0 Å². The Kier molecular flexibility index (Phi) is 7.61. The predicted octanol–water partition coefficient (Wildman–Crippen LogP) is 4.52. The highest BCUT2D eigenvalue weighted by atomic mass is 16.6. The molecule has 156 valence electrons. The highest BCUT2D eigenvalue weighted by molar-refractivity contribution is 6.01. The minimum atomic E-state index is -0.709. The second-order valence-electron chi connectivity index (χ2n) is 8.80. The van der Waals surface area contributed by atoms with Crippen molar-refractivity contribution in [1.82, 2.24) is 10.6 Å². The summed E-state index contributed by atoms with van der Waals surface area (Å²) >= 11 is 0. The molecule has 7 nitrogen and oxygen atoms in total. The van der Waals surface area contributed by atoms with Gasteiger partial charge in [0.15, 0.2) is 0 Å². The van der Waals surface area contributed by atoms with Crippen LogP contribution in [0.1, 0.15) is 63.8 Å². The first-order valence-corrected chi connectivity index (χ1v) is 9.27. The zero-order valence-electron chi connectivity index (χ0n) is 18.4. The van der Waals surface area contributed by atoms with Gasteiger partial charge < -0.3 is 9.47 Å². The molecule has 0 unspecified atom stereocenters. The second kappa shape index (κ2) is 9.08. The molecule has 0 aliphatic carbocycles. The number of nitrogens with one attached hydrogen (secondary N) is 2. The van der Waals surface area contributed by atoms with Gasteiger partial charge in [0.1, 0.15) is 11.2 Å². The number of amides is 2. The van der Waals surface area contributed by atoms with Crippen molar-refractivity contribution in [1.29, 1.82) is 0 Å². The average molecular weight is 392 g/mol. The molecule has 1 aromatic rings. The van der Waals surface area contributed by atoms with Gasteiger partial charge in [0.25, 0.3) is 0 Å². The number of aliphatic imine (C=N–C) groups is 1. The minimum absolute atomic E-state index is 0.0251. The molecule has 0 aromatic heterocycles. The topological polar surface area (TPSA) is 89.0 Å². The molecule has 1 aromatic carbocycles. The fraction of sp³-hybridized carbons (Fsp3) is 0.571. The van der Waals surface area contributed by atoms with E-state index in [1.807, 2.05) is 20.8 Å². The molecule has 2 N–H and O–H groups in total. The average Bonchev–Trinajstić information content (AvgIpc) is 2.41. The van der Waals surface area contributed by atoms with Gasteiger partial charge in [-0.2, -0.15) is 0 Å². The summed E-state index contributed by atoms with van der Waals surface area (Å²) in [5.74, 6) is -0.0251. The highest BCUT2D eigenvalue weighted by Gasteiger charge is 2.21. The Bertz CT molecular complexity index is 701. The first kappa shape index (κ1) is 23.5. The van der Waals surface area contributed by atoms with Crippen molar-refractivity contribution in [3.05, 3.63) is 34.4 Å². The third-order valence-corrected chi connectivity index (χ3v) is 3.47. The lowest BCUT2D eigenvalue weighted by Gasteiger charge is -2.22. The third-order valence-electron chi connectivity index (χ3n) is 3.47. The Morgan fingerprint density at radius 1 is 0.857 bits per heavy atom. The number of hydrogen-bond acceptors (Lipinski definition) is 5. The third kappa shape index (κ3) is 8.88. The number of rotatable bonds is 2. The maximum atomic E-state index is 12.1. The van der Waals surface area contributed by atoms with Gasteiger partial charge in [-0.3, -0.25) is 10.6 Å². The number of benzene rings is 1. The van der Waals surface area contributed by atoms with Crippen LogP contribution >= 0.6 is 0 Å². The Hall–Kier alpha value is -2.57. The molecule has 0 atom stereocenters. The number of guanidine groups is 1. The quantitative estimate of drug-likeness (QED) is 0.573. The SMILES string of the molecule is Cc1cc(C)c(CN=C(NC(=O)OC(C)(C)C)NC(=O)OC(C)(C)C)c(C)c1. The van der Waals surface area contributed by atoms with Crippen LogP contribution in [0.25, 0.3) is 0 Å². The van der Waals surface area contributed by atoms with Gasteiger partial charge in [-0.05, 0) is 79.0 Å².